The second kappa shape index (κ2) is 4.84. The Morgan fingerprint density at radius 3 is 2.10 bits per heavy atom. The fourth-order valence-corrected chi connectivity index (χ4v) is 1.32. The van der Waals surface area contributed by atoms with Gasteiger partial charge in [0.15, 0.2) is 0 Å². The van der Waals surface area contributed by atoms with Crippen LogP contribution in [0.4, 0.5) is 0 Å². The van der Waals surface area contributed by atoms with Crippen molar-refractivity contribution >= 4 is 11.8 Å². The maximum atomic E-state index is 4.01. The van der Waals surface area contributed by atoms with Crippen LogP contribution in [0.25, 0.3) is 0 Å². The number of thioether (sulfide) groups is 1. The van der Waals surface area contributed by atoms with Crippen LogP contribution in [0, 0.1) is 5.92 Å². The van der Waals surface area contributed by atoms with Gasteiger partial charge in [0.2, 0.25) is 0 Å². The van der Waals surface area contributed by atoms with Gasteiger partial charge < -0.3 is 0 Å². The second-order valence-electron chi connectivity index (χ2n) is 3.17. The molecular weight excluding hydrogens is 140 g/mol. The van der Waals surface area contributed by atoms with Gasteiger partial charge in [-0.25, -0.2) is 0 Å². The highest BCUT2D eigenvalue weighted by atomic mass is 32.2. The summed E-state index contributed by atoms with van der Waals surface area (Å²) in [4.78, 5) is 0. The van der Waals surface area contributed by atoms with Crippen LogP contribution < -0.4 is 0 Å². The maximum Gasteiger partial charge on any atom is 0.0145 e. The monoisotopic (exact) mass is 158 g/mol. The van der Waals surface area contributed by atoms with Gasteiger partial charge in [0, 0.05) is 5.75 Å². The molecule has 10 heavy (non-hydrogen) atoms. The van der Waals surface area contributed by atoms with Gasteiger partial charge in [-0.3, -0.25) is 0 Å². The van der Waals surface area contributed by atoms with E-state index >= 15 is 0 Å². The summed E-state index contributed by atoms with van der Waals surface area (Å²) in [6.45, 7) is 12.8. The van der Waals surface area contributed by atoms with E-state index in [1.54, 1.807) is 0 Å². The van der Waals surface area contributed by atoms with Crippen LogP contribution in [0.2, 0.25) is 0 Å². The Kier molecular flexibility index (Phi) is 4.88. The lowest BCUT2D eigenvalue weighted by Crippen LogP contribution is -1.98. The highest BCUT2D eigenvalue weighted by Gasteiger charge is 2.01. The highest BCUT2D eigenvalue weighted by Crippen LogP contribution is 2.17. The molecule has 0 saturated carbocycles. The largest absolute Gasteiger partial charge is 0.155 e. The molecule has 0 unspecified atom stereocenters. The van der Waals surface area contributed by atoms with Crippen molar-refractivity contribution in [3.8, 4) is 0 Å². The molecule has 0 aliphatic carbocycles. The van der Waals surface area contributed by atoms with Crippen molar-refractivity contribution in [1.82, 2.24) is 0 Å². The van der Waals surface area contributed by atoms with Crippen LogP contribution >= 0.6 is 11.8 Å². The van der Waals surface area contributed by atoms with Crippen molar-refractivity contribution in [2.45, 2.75) is 32.9 Å². The first-order valence-corrected chi connectivity index (χ1v) is 4.88. The lowest BCUT2D eigenvalue weighted by molar-refractivity contribution is 0.776. The van der Waals surface area contributed by atoms with Crippen molar-refractivity contribution < 1.29 is 0 Å². The van der Waals surface area contributed by atoms with Crippen molar-refractivity contribution in [2.24, 2.45) is 5.92 Å². The van der Waals surface area contributed by atoms with Gasteiger partial charge in [-0.1, -0.05) is 39.8 Å². The zero-order chi connectivity index (χ0) is 8.15. The van der Waals surface area contributed by atoms with E-state index in [1.807, 2.05) is 11.8 Å². The summed E-state index contributed by atoms with van der Waals surface area (Å²) in [5.41, 5.74) is 1.36. The predicted octanol–water partition coefficient (Wildman–Crippen LogP) is 3.34. The van der Waals surface area contributed by atoms with E-state index < -0.39 is 0 Å². The lowest BCUT2D eigenvalue weighted by Gasteiger charge is -2.10. The van der Waals surface area contributed by atoms with Gasteiger partial charge in [-0.2, -0.15) is 11.8 Å². The minimum atomic E-state index is 0.645. The third-order valence-electron chi connectivity index (χ3n) is 1.42. The van der Waals surface area contributed by atoms with E-state index in [9.17, 15) is 0 Å². The molecule has 1 heteroatoms. The first-order valence-electron chi connectivity index (χ1n) is 3.83. The van der Waals surface area contributed by atoms with E-state index in [0.29, 0.717) is 5.92 Å². The quantitative estimate of drug-likeness (QED) is 0.565. The number of hydrogen-bond donors (Lipinski definition) is 0. The van der Waals surface area contributed by atoms with Gasteiger partial charge >= 0.3 is 0 Å². The molecular formula is C9H18S. The molecule has 0 aliphatic heterocycles. The summed E-state index contributed by atoms with van der Waals surface area (Å²) in [6, 6.07) is 0. The van der Waals surface area contributed by atoms with Crippen molar-refractivity contribution in [2.75, 3.05) is 5.75 Å². The Morgan fingerprint density at radius 1 is 1.30 bits per heavy atom. The van der Waals surface area contributed by atoms with E-state index in [-0.39, 0.29) is 0 Å². The standard InChI is InChI=1S/C9H18S/c1-7(2)9(5)6-10-8(3)4/h7-8H,5-6H2,1-4H3. The van der Waals surface area contributed by atoms with Gasteiger partial charge in [0.25, 0.3) is 0 Å². The fourth-order valence-electron chi connectivity index (χ4n) is 0.440. The molecule has 0 aliphatic rings. The van der Waals surface area contributed by atoms with E-state index in [4.69, 9.17) is 0 Å². The molecule has 0 saturated heterocycles. The third-order valence-corrected chi connectivity index (χ3v) is 2.62. The Labute approximate surface area is 69.1 Å². The van der Waals surface area contributed by atoms with Crippen LogP contribution in [0.5, 0.6) is 0 Å². The highest BCUT2D eigenvalue weighted by molar-refractivity contribution is 8.00. The molecule has 0 bridgehead atoms. The Hall–Kier alpha value is 0.0900. The molecule has 0 aromatic heterocycles. The van der Waals surface area contributed by atoms with Gasteiger partial charge in [0.1, 0.15) is 0 Å². The molecule has 0 aromatic rings. The fraction of sp³-hybridized carbons (Fsp3) is 0.778. The van der Waals surface area contributed by atoms with Crippen molar-refractivity contribution in [1.29, 1.82) is 0 Å². The zero-order valence-electron chi connectivity index (χ0n) is 7.48. The SMILES string of the molecule is C=C(CSC(C)C)C(C)C. The first-order chi connectivity index (χ1) is 4.54. The van der Waals surface area contributed by atoms with Crippen LogP contribution in [0.15, 0.2) is 12.2 Å². The molecule has 0 N–H and O–H groups in total. The van der Waals surface area contributed by atoms with Gasteiger partial charge in [-0.05, 0) is 11.2 Å². The molecule has 0 rings (SSSR count). The maximum absolute atomic E-state index is 4.01. The Bertz CT molecular complexity index is 103. The topological polar surface area (TPSA) is 0 Å². The summed E-state index contributed by atoms with van der Waals surface area (Å²) >= 11 is 1.97. The molecule has 0 spiro atoms. The lowest BCUT2D eigenvalue weighted by atomic mass is 10.1. The van der Waals surface area contributed by atoms with Crippen LogP contribution in [0.1, 0.15) is 27.7 Å². The second-order valence-corrected chi connectivity index (χ2v) is 4.74. The minimum absolute atomic E-state index is 0.645. The van der Waals surface area contributed by atoms with Gasteiger partial charge in [0.05, 0.1) is 0 Å². The summed E-state index contributed by atoms with van der Waals surface area (Å²) in [7, 11) is 0. The number of hydrogen-bond acceptors (Lipinski definition) is 1. The van der Waals surface area contributed by atoms with E-state index in [0.717, 1.165) is 11.0 Å². The smallest absolute Gasteiger partial charge is 0.0145 e. The summed E-state index contributed by atoms with van der Waals surface area (Å²) in [6.07, 6.45) is 0. The molecule has 0 fully saturated rings. The number of rotatable bonds is 4. The Balaban J connectivity index is 3.40. The average Bonchev–Trinajstić information content (AvgIpc) is 1.82. The summed E-state index contributed by atoms with van der Waals surface area (Å²) in [5, 5.41) is 0.732. The predicted molar refractivity (Wildman–Crippen MR) is 51.6 cm³/mol. The van der Waals surface area contributed by atoms with E-state index in [1.165, 1.54) is 5.57 Å². The molecule has 0 radical (unpaired) electrons. The van der Waals surface area contributed by atoms with Crippen molar-refractivity contribution in [3.63, 3.8) is 0 Å². The summed E-state index contributed by atoms with van der Waals surface area (Å²) < 4.78 is 0. The Morgan fingerprint density at radius 2 is 1.80 bits per heavy atom. The first kappa shape index (κ1) is 10.1. The molecule has 0 atom stereocenters. The molecule has 0 amide bonds. The van der Waals surface area contributed by atoms with Crippen LogP contribution in [0.3, 0.4) is 0 Å². The molecule has 0 heterocycles. The van der Waals surface area contributed by atoms with Crippen LogP contribution in [-0.2, 0) is 0 Å². The molecule has 60 valence electrons. The third kappa shape index (κ3) is 4.92. The van der Waals surface area contributed by atoms with E-state index in [2.05, 4.69) is 34.3 Å². The minimum Gasteiger partial charge on any atom is -0.155 e. The molecule has 0 aromatic carbocycles. The average molecular weight is 158 g/mol. The molecule has 0 nitrogen and oxygen atoms in total. The van der Waals surface area contributed by atoms with Crippen LogP contribution in [-0.4, -0.2) is 11.0 Å². The van der Waals surface area contributed by atoms with Crippen molar-refractivity contribution in [3.05, 3.63) is 12.2 Å². The summed E-state index contributed by atoms with van der Waals surface area (Å²) in [5.74, 6) is 1.77. The normalized spacial score (nSPS) is 11.0. The zero-order valence-corrected chi connectivity index (χ0v) is 8.29. The van der Waals surface area contributed by atoms with Gasteiger partial charge in [-0.15, -0.1) is 0 Å².